The minimum atomic E-state index is 0.322. The fourth-order valence-corrected chi connectivity index (χ4v) is 3.15. The number of nitrogens with one attached hydrogen (secondary N) is 1. The van der Waals surface area contributed by atoms with Crippen molar-refractivity contribution in [2.24, 2.45) is 0 Å². The highest BCUT2D eigenvalue weighted by atomic mass is 32.1. The lowest BCUT2D eigenvalue weighted by Gasteiger charge is -2.13. The van der Waals surface area contributed by atoms with Crippen LogP contribution in [0, 0.1) is 4.77 Å². The van der Waals surface area contributed by atoms with Crippen molar-refractivity contribution in [1.29, 1.82) is 0 Å². The Morgan fingerprint density at radius 3 is 2.89 bits per heavy atom. The zero-order valence-electron chi connectivity index (χ0n) is 11.0. The maximum Gasteiger partial charge on any atom is 0.215 e. The average molecular weight is 279 g/mol. The fourth-order valence-electron chi connectivity index (χ4n) is 2.80. The van der Waals surface area contributed by atoms with E-state index < -0.39 is 0 Å². The molecule has 1 aliphatic rings. The molecule has 1 fully saturated rings. The van der Waals surface area contributed by atoms with Crippen molar-refractivity contribution in [1.82, 2.24) is 14.5 Å². The summed E-state index contributed by atoms with van der Waals surface area (Å²) in [6.45, 7) is 0. The van der Waals surface area contributed by atoms with Crippen LogP contribution in [0.25, 0.3) is 11.2 Å². The number of aromatic nitrogens is 3. The van der Waals surface area contributed by atoms with Crippen LogP contribution in [0.2, 0.25) is 0 Å². The highest BCUT2D eigenvalue weighted by Gasteiger charge is 2.27. The summed E-state index contributed by atoms with van der Waals surface area (Å²) in [4.78, 5) is 7.72. The van der Waals surface area contributed by atoms with Gasteiger partial charge in [0, 0.05) is 19.2 Å². The predicted octanol–water partition coefficient (Wildman–Crippen LogP) is 2.84. The average Bonchev–Trinajstić information content (AvgIpc) is 3.00. The van der Waals surface area contributed by atoms with Crippen molar-refractivity contribution in [2.45, 2.75) is 31.4 Å². The van der Waals surface area contributed by atoms with Crippen LogP contribution in [0.15, 0.2) is 12.1 Å². The molecule has 1 saturated carbocycles. The summed E-state index contributed by atoms with van der Waals surface area (Å²) < 4.78 is 13.5. The van der Waals surface area contributed by atoms with Gasteiger partial charge in [0.05, 0.1) is 18.7 Å². The van der Waals surface area contributed by atoms with Gasteiger partial charge in [0.2, 0.25) is 5.88 Å². The van der Waals surface area contributed by atoms with Gasteiger partial charge in [0.25, 0.3) is 0 Å². The second-order valence-electron chi connectivity index (χ2n) is 4.85. The predicted molar refractivity (Wildman–Crippen MR) is 75.2 cm³/mol. The van der Waals surface area contributed by atoms with Crippen molar-refractivity contribution in [3.05, 3.63) is 16.9 Å². The second-order valence-corrected chi connectivity index (χ2v) is 5.24. The normalized spacial score (nSPS) is 23.1. The monoisotopic (exact) mass is 279 g/mol. The molecular weight excluding hydrogens is 262 g/mol. The minimum absolute atomic E-state index is 0.322. The van der Waals surface area contributed by atoms with Gasteiger partial charge in [-0.15, -0.1) is 0 Å². The lowest BCUT2D eigenvalue weighted by Crippen LogP contribution is -2.09. The molecule has 0 aliphatic heterocycles. The Morgan fingerprint density at radius 1 is 1.37 bits per heavy atom. The number of ether oxygens (including phenoxy) is 2. The molecule has 19 heavy (non-hydrogen) atoms. The summed E-state index contributed by atoms with van der Waals surface area (Å²) >= 11 is 5.43. The summed E-state index contributed by atoms with van der Waals surface area (Å²) in [6.07, 6.45) is 3.44. The molecule has 0 bridgehead atoms. The molecule has 0 spiro atoms. The van der Waals surface area contributed by atoms with Gasteiger partial charge >= 0.3 is 0 Å². The summed E-state index contributed by atoms with van der Waals surface area (Å²) in [5.41, 5.74) is 1.82. The van der Waals surface area contributed by atoms with Gasteiger partial charge in [-0.1, -0.05) is 0 Å². The first-order valence-corrected chi connectivity index (χ1v) is 6.81. The summed E-state index contributed by atoms with van der Waals surface area (Å²) in [5, 5.41) is 0. The van der Waals surface area contributed by atoms with Crippen LogP contribution in [-0.2, 0) is 4.74 Å². The Balaban J connectivity index is 2.07. The molecule has 2 heterocycles. The lowest BCUT2D eigenvalue weighted by atomic mass is 10.2. The molecule has 5 nitrogen and oxygen atoms in total. The largest absolute Gasteiger partial charge is 0.481 e. The van der Waals surface area contributed by atoms with E-state index in [1.165, 1.54) is 0 Å². The van der Waals surface area contributed by atoms with Crippen LogP contribution >= 0.6 is 12.2 Å². The molecule has 0 saturated heterocycles. The Hall–Kier alpha value is -1.40. The van der Waals surface area contributed by atoms with Crippen LogP contribution in [0.5, 0.6) is 5.88 Å². The van der Waals surface area contributed by atoms with E-state index in [0.29, 0.717) is 18.0 Å². The first-order chi connectivity index (χ1) is 9.22. The van der Waals surface area contributed by atoms with Crippen LogP contribution < -0.4 is 4.74 Å². The number of aromatic amines is 1. The first kappa shape index (κ1) is 12.6. The Labute approximate surface area is 116 Å². The molecule has 1 N–H and O–H groups in total. The molecule has 2 unspecified atom stereocenters. The van der Waals surface area contributed by atoms with Gasteiger partial charge < -0.3 is 14.5 Å². The van der Waals surface area contributed by atoms with E-state index in [1.807, 2.05) is 12.1 Å². The third-order valence-electron chi connectivity index (χ3n) is 3.80. The number of hydrogen-bond donors (Lipinski definition) is 1. The topological polar surface area (TPSA) is 52.1 Å². The SMILES string of the molecule is COc1ccc2[nH]c(=S)n(C3CCC(OC)C3)c2n1. The smallest absolute Gasteiger partial charge is 0.215 e. The van der Waals surface area contributed by atoms with Crippen molar-refractivity contribution in [2.75, 3.05) is 14.2 Å². The van der Waals surface area contributed by atoms with Gasteiger partial charge in [0.15, 0.2) is 10.4 Å². The van der Waals surface area contributed by atoms with E-state index in [4.69, 9.17) is 21.7 Å². The quantitative estimate of drug-likeness (QED) is 0.878. The lowest BCUT2D eigenvalue weighted by molar-refractivity contribution is 0.106. The van der Waals surface area contributed by atoms with E-state index >= 15 is 0 Å². The molecule has 6 heteroatoms. The molecular formula is C13H17N3O2S. The van der Waals surface area contributed by atoms with E-state index in [2.05, 4.69) is 14.5 Å². The number of nitrogens with zero attached hydrogens (tertiary/aromatic N) is 2. The fraction of sp³-hybridized carbons (Fsp3) is 0.538. The van der Waals surface area contributed by atoms with E-state index in [0.717, 1.165) is 35.2 Å². The number of imidazole rings is 1. The number of fused-ring (bicyclic) bond motifs is 1. The molecule has 3 rings (SSSR count). The molecule has 2 atom stereocenters. The third kappa shape index (κ3) is 2.15. The first-order valence-electron chi connectivity index (χ1n) is 6.41. The Kier molecular flexibility index (Phi) is 3.28. The van der Waals surface area contributed by atoms with E-state index in [9.17, 15) is 0 Å². The molecule has 1 aliphatic carbocycles. The van der Waals surface area contributed by atoms with Gasteiger partial charge in [-0.05, 0) is 37.5 Å². The highest BCUT2D eigenvalue weighted by Crippen LogP contribution is 2.34. The molecule has 102 valence electrons. The molecule has 2 aromatic rings. The second kappa shape index (κ2) is 4.94. The standard InChI is InChI=1S/C13H17N3O2S/c1-17-9-4-3-8(7-9)16-12-10(14-13(16)19)5-6-11(15-12)18-2/h5-6,8-9H,3-4,7H2,1-2H3,(H,14,19). The number of methoxy groups -OCH3 is 2. The van der Waals surface area contributed by atoms with Crippen LogP contribution in [0.1, 0.15) is 25.3 Å². The Morgan fingerprint density at radius 2 is 2.21 bits per heavy atom. The van der Waals surface area contributed by atoms with Gasteiger partial charge in [-0.2, -0.15) is 4.98 Å². The van der Waals surface area contributed by atoms with Crippen molar-refractivity contribution in [3.8, 4) is 5.88 Å². The van der Waals surface area contributed by atoms with Crippen molar-refractivity contribution in [3.63, 3.8) is 0 Å². The van der Waals surface area contributed by atoms with Crippen LogP contribution in [-0.4, -0.2) is 34.9 Å². The zero-order valence-corrected chi connectivity index (χ0v) is 11.9. The zero-order chi connectivity index (χ0) is 13.4. The molecule has 0 aromatic carbocycles. The number of hydrogen-bond acceptors (Lipinski definition) is 4. The van der Waals surface area contributed by atoms with Crippen LogP contribution in [0.4, 0.5) is 0 Å². The van der Waals surface area contributed by atoms with Crippen molar-refractivity contribution >= 4 is 23.4 Å². The van der Waals surface area contributed by atoms with Crippen LogP contribution in [0.3, 0.4) is 0 Å². The van der Waals surface area contributed by atoms with E-state index in [1.54, 1.807) is 14.2 Å². The summed E-state index contributed by atoms with van der Waals surface area (Å²) in [6, 6.07) is 4.15. The molecule has 0 radical (unpaired) electrons. The van der Waals surface area contributed by atoms with E-state index in [-0.39, 0.29) is 0 Å². The maximum atomic E-state index is 5.43. The molecule has 2 aromatic heterocycles. The highest BCUT2D eigenvalue weighted by molar-refractivity contribution is 7.71. The van der Waals surface area contributed by atoms with Gasteiger partial charge in [0.1, 0.15) is 0 Å². The van der Waals surface area contributed by atoms with Crippen molar-refractivity contribution < 1.29 is 9.47 Å². The van der Waals surface area contributed by atoms with Gasteiger partial charge in [-0.3, -0.25) is 4.57 Å². The summed E-state index contributed by atoms with van der Waals surface area (Å²) in [7, 11) is 3.39. The molecule has 0 amide bonds. The summed E-state index contributed by atoms with van der Waals surface area (Å²) in [5.74, 6) is 0.608. The third-order valence-corrected chi connectivity index (χ3v) is 4.10. The maximum absolute atomic E-state index is 5.43. The number of H-pyrrole nitrogens is 1. The number of pyridine rings is 1. The number of rotatable bonds is 3. The van der Waals surface area contributed by atoms with Gasteiger partial charge in [-0.25, -0.2) is 0 Å². The minimum Gasteiger partial charge on any atom is -0.481 e. The Bertz CT molecular complexity index is 649.